The number of rotatable bonds is 3. The first kappa shape index (κ1) is 11.5. The van der Waals surface area contributed by atoms with E-state index in [1.54, 1.807) is 37.7 Å². The third kappa shape index (κ3) is 2.79. The molecular weight excluding hydrogens is 238 g/mol. The van der Waals surface area contributed by atoms with Crippen molar-refractivity contribution in [1.29, 1.82) is 0 Å². The van der Waals surface area contributed by atoms with Crippen molar-refractivity contribution >= 4 is 28.7 Å². The van der Waals surface area contributed by atoms with Gasteiger partial charge in [0.15, 0.2) is 0 Å². The van der Waals surface area contributed by atoms with Crippen molar-refractivity contribution in [3.8, 4) is 5.75 Å². The van der Waals surface area contributed by atoms with Gasteiger partial charge in [-0.15, -0.1) is 0 Å². The lowest BCUT2D eigenvalue weighted by Crippen LogP contribution is -1.95. The van der Waals surface area contributed by atoms with Gasteiger partial charge in [-0.1, -0.05) is 11.6 Å². The van der Waals surface area contributed by atoms with E-state index in [-0.39, 0.29) is 0 Å². The van der Waals surface area contributed by atoms with Gasteiger partial charge in [-0.25, -0.2) is 0 Å². The lowest BCUT2D eigenvalue weighted by molar-refractivity contribution is 0.415. The summed E-state index contributed by atoms with van der Waals surface area (Å²) < 4.78 is 5.13. The zero-order chi connectivity index (χ0) is 12.3. The van der Waals surface area contributed by atoms with Crippen LogP contribution < -0.4 is 15.8 Å². The Kier molecular flexibility index (Phi) is 3.35. The van der Waals surface area contributed by atoms with Crippen LogP contribution in [0.4, 0.5) is 17.1 Å². The molecule has 2 rings (SSSR count). The summed E-state index contributed by atoms with van der Waals surface area (Å²) in [6.07, 6.45) is 3.25. The fourth-order valence-electron chi connectivity index (χ4n) is 1.41. The van der Waals surface area contributed by atoms with Gasteiger partial charge in [-0.3, -0.25) is 4.98 Å². The molecule has 0 aliphatic carbocycles. The number of nitrogens with one attached hydrogen (secondary N) is 1. The largest absolute Gasteiger partial charge is 0.497 e. The summed E-state index contributed by atoms with van der Waals surface area (Å²) in [6.45, 7) is 0. The molecule has 88 valence electrons. The molecule has 0 aliphatic heterocycles. The number of nitrogens with zero attached hydrogens (tertiary/aromatic N) is 1. The maximum atomic E-state index is 6.07. The number of hydrogen-bond acceptors (Lipinski definition) is 4. The molecule has 1 heterocycles. The van der Waals surface area contributed by atoms with Gasteiger partial charge in [0.1, 0.15) is 5.75 Å². The van der Waals surface area contributed by atoms with Crippen LogP contribution in [0.3, 0.4) is 0 Å². The van der Waals surface area contributed by atoms with Crippen LogP contribution in [0, 0.1) is 0 Å². The number of methoxy groups -OCH3 is 1. The first-order valence-electron chi connectivity index (χ1n) is 5.00. The summed E-state index contributed by atoms with van der Waals surface area (Å²) in [7, 11) is 1.61. The van der Waals surface area contributed by atoms with Gasteiger partial charge in [-0.05, 0) is 18.2 Å². The Balaban J connectivity index is 2.29. The summed E-state index contributed by atoms with van der Waals surface area (Å²) in [5.41, 5.74) is 7.76. The number of nitrogen functional groups attached to an aromatic ring is 1. The third-order valence-corrected chi connectivity index (χ3v) is 2.54. The number of aromatic nitrogens is 1. The zero-order valence-electron chi connectivity index (χ0n) is 9.27. The van der Waals surface area contributed by atoms with Crippen molar-refractivity contribution in [2.24, 2.45) is 0 Å². The second-order valence-electron chi connectivity index (χ2n) is 3.48. The van der Waals surface area contributed by atoms with Gasteiger partial charge in [0, 0.05) is 12.3 Å². The molecule has 4 nitrogen and oxygen atoms in total. The molecule has 0 spiro atoms. The van der Waals surface area contributed by atoms with Crippen molar-refractivity contribution in [3.05, 3.63) is 41.7 Å². The van der Waals surface area contributed by atoms with Crippen molar-refractivity contribution in [1.82, 2.24) is 4.98 Å². The highest BCUT2D eigenvalue weighted by atomic mass is 35.5. The summed E-state index contributed by atoms with van der Waals surface area (Å²) in [5, 5.41) is 3.74. The molecule has 5 heteroatoms. The van der Waals surface area contributed by atoms with Gasteiger partial charge < -0.3 is 15.8 Å². The molecule has 0 unspecified atom stereocenters. The second kappa shape index (κ2) is 4.93. The molecular formula is C12H12ClN3O. The lowest BCUT2D eigenvalue weighted by Gasteiger charge is -2.10. The third-order valence-electron chi connectivity index (χ3n) is 2.21. The van der Waals surface area contributed by atoms with Crippen molar-refractivity contribution < 1.29 is 4.74 Å². The Morgan fingerprint density at radius 3 is 2.82 bits per heavy atom. The highest BCUT2D eigenvalue weighted by Crippen LogP contribution is 2.29. The molecule has 0 radical (unpaired) electrons. The molecule has 1 aromatic carbocycles. The predicted molar refractivity (Wildman–Crippen MR) is 69.9 cm³/mol. The first-order chi connectivity index (χ1) is 8.19. The van der Waals surface area contributed by atoms with E-state index in [0.29, 0.717) is 10.7 Å². The van der Waals surface area contributed by atoms with E-state index in [2.05, 4.69) is 10.3 Å². The Bertz CT molecular complexity index is 531. The SMILES string of the molecule is COc1ccc(Cl)c(Nc2cncc(N)c2)c1. The highest BCUT2D eigenvalue weighted by Gasteiger charge is 2.03. The molecule has 0 fully saturated rings. The van der Waals surface area contributed by atoms with E-state index >= 15 is 0 Å². The molecule has 3 N–H and O–H groups in total. The molecule has 0 bridgehead atoms. The normalized spacial score (nSPS) is 10.0. The number of benzene rings is 1. The molecule has 1 aromatic heterocycles. The Labute approximate surface area is 104 Å². The Morgan fingerprint density at radius 1 is 1.29 bits per heavy atom. The number of pyridine rings is 1. The van der Waals surface area contributed by atoms with Gasteiger partial charge in [-0.2, -0.15) is 0 Å². The fourth-order valence-corrected chi connectivity index (χ4v) is 1.57. The minimum atomic E-state index is 0.592. The van der Waals surface area contributed by atoms with Crippen molar-refractivity contribution in [3.63, 3.8) is 0 Å². The van der Waals surface area contributed by atoms with Crippen LogP contribution in [0.15, 0.2) is 36.7 Å². The van der Waals surface area contributed by atoms with Crippen LogP contribution in [0.2, 0.25) is 5.02 Å². The molecule has 0 amide bonds. The predicted octanol–water partition coefficient (Wildman–Crippen LogP) is 3.07. The molecule has 0 saturated carbocycles. The number of anilines is 3. The first-order valence-corrected chi connectivity index (χ1v) is 5.38. The van der Waals surface area contributed by atoms with Crippen LogP contribution in [-0.2, 0) is 0 Å². The summed E-state index contributed by atoms with van der Waals surface area (Å²) in [6, 6.07) is 7.15. The maximum Gasteiger partial charge on any atom is 0.121 e. The quantitative estimate of drug-likeness (QED) is 0.878. The van der Waals surface area contributed by atoms with Crippen LogP contribution in [0.1, 0.15) is 0 Å². The number of nitrogens with two attached hydrogens (primary N) is 1. The van der Waals surface area contributed by atoms with Gasteiger partial charge in [0.25, 0.3) is 0 Å². The molecule has 0 saturated heterocycles. The number of ether oxygens (including phenoxy) is 1. The second-order valence-corrected chi connectivity index (χ2v) is 3.88. The van der Waals surface area contributed by atoms with E-state index in [0.717, 1.165) is 17.1 Å². The Hall–Kier alpha value is -1.94. The van der Waals surface area contributed by atoms with Crippen LogP contribution in [0.5, 0.6) is 5.75 Å². The van der Waals surface area contributed by atoms with Crippen LogP contribution in [0.25, 0.3) is 0 Å². The van der Waals surface area contributed by atoms with Crippen LogP contribution >= 0.6 is 11.6 Å². The Morgan fingerprint density at radius 2 is 2.12 bits per heavy atom. The average Bonchev–Trinajstić information content (AvgIpc) is 2.32. The topological polar surface area (TPSA) is 60.2 Å². The van der Waals surface area contributed by atoms with E-state index in [4.69, 9.17) is 22.1 Å². The molecule has 0 atom stereocenters. The van der Waals surface area contributed by atoms with Gasteiger partial charge >= 0.3 is 0 Å². The fraction of sp³-hybridized carbons (Fsp3) is 0.0833. The monoisotopic (exact) mass is 249 g/mol. The van der Waals surface area contributed by atoms with Crippen LogP contribution in [-0.4, -0.2) is 12.1 Å². The molecule has 17 heavy (non-hydrogen) atoms. The summed E-state index contributed by atoms with van der Waals surface area (Å²) in [4.78, 5) is 3.99. The molecule has 2 aromatic rings. The minimum absolute atomic E-state index is 0.592. The van der Waals surface area contributed by atoms with E-state index < -0.39 is 0 Å². The highest BCUT2D eigenvalue weighted by molar-refractivity contribution is 6.33. The van der Waals surface area contributed by atoms with E-state index in [9.17, 15) is 0 Å². The minimum Gasteiger partial charge on any atom is -0.497 e. The standard InChI is InChI=1S/C12H12ClN3O/c1-17-10-2-3-11(13)12(5-10)16-9-4-8(14)6-15-7-9/h2-7,16H,14H2,1H3. The smallest absolute Gasteiger partial charge is 0.121 e. The van der Waals surface area contributed by atoms with Gasteiger partial charge in [0.2, 0.25) is 0 Å². The average molecular weight is 250 g/mol. The molecule has 0 aliphatic rings. The van der Waals surface area contributed by atoms with Crippen molar-refractivity contribution in [2.75, 3.05) is 18.2 Å². The number of hydrogen-bond donors (Lipinski definition) is 2. The van der Waals surface area contributed by atoms with Crippen molar-refractivity contribution in [2.45, 2.75) is 0 Å². The van der Waals surface area contributed by atoms with E-state index in [1.165, 1.54) is 0 Å². The number of halogens is 1. The maximum absolute atomic E-state index is 6.07. The summed E-state index contributed by atoms with van der Waals surface area (Å²) >= 11 is 6.07. The lowest BCUT2D eigenvalue weighted by atomic mass is 10.3. The zero-order valence-corrected chi connectivity index (χ0v) is 10.0. The van der Waals surface area contributed by atoms with E-state index in [1.807, 2.05) is 6.07 Å². The van der Waals surface area contributed by atoms with Gasteiger partial charge in [0.05, 0.1) is 35.4 Å². The summed E-state index contributed by atoms with van der Waals surface area (Å²) in [5.74, 6) is 0.730.